The Morgan fingerprint density at radius 2 is 1.09 bits per heavy atom. The van der Waals surface area contributed by atoms with Crippen LogP contribution in [0.4, 0.5) is 4.79 Å². The van der Waals surface area contributed by atoms with Gasteiger partial charge >= 0.3 is 17.4 Å². The molecule has 0 radical (unpaired) electrons. The Bertz CT molecular complexity index is 324. The fourth-order valence-electron chi connectivity index (χ4n) is 0.842. The summed E-state index contributed by atoms with van der Waals surface area (Å²) in [4.78, 5) is 30.0. The summed E-state index contributed by atoms with van der Waals surface area (Å²) in [5.74, 6) is -0.947. The zero-order chi connectivity index (χ0) is 17.2. The van der Waals surface area contributed by atoms with Gasteiger partial charge in [0.15, 0.2) is 0 Å². The molecular weight excluding hydrogens is 320 g/mol. The van der Waals surface area contributed by atoms with Gasteiger partial charge in [0.2, 0.25) is 0 Å². The summed E-state index contributed by atoms with van der Waals surface area (Å²) in [5.41, 5.74) is -1.36. The smallest absolute Gasteiger partial charge is 0.401 e. The van der Waals surface area contributed by atoms with Crippen LogP contribution in [-0.4, -0.2) is 62.1 Å². The van der Waals surface area contributed by atoms with Crippen LogP contribution in [0.1, 0.15) is 0 Å². The van der Waals surface area contributed by atoms with Crippen LogP contribution in [0, 0.1) is 0 Å². The molecule has 9 heteroatoms. The lowest BCUT2D eigenvalue weighted by Gasteiger charge is -2.06. The largest absolute Gasteiger partial charge is 0.469 e. The number of hydrogen-bond acceptors (Lipinski definition) is 7. The lowest BCUT2D eigenvalue weighted by atomic mass is 10.6. The van der Waals surface area contributed by atoms with E-state index in [0.717, 1.165) is 12.2 Å². The highest BCUT2D eigenvalue weighted by molar-refractivity contribution is 6.60. The highest BCUT2D eigenvalue weighted by atomic mass is 35.5. The number of rotatable bonds is 11. The first-order valence-electron chi connectivity index (χ1n) is 6.06. The van der Waals surface area contributed by atoms with Crippen LogP contribution >= 0.6 is 11.6 Å². The van der Waals surface area contributed by atoms with E-state index in [9.17, 15) is 9.59 Å². The van der Waals surface area contributed by atoms with Gasteiger partial charge in [-0.25, -0.2) is 14.4 Å². The number of ether oxygens (including phenoxy) is 4. The Labute approximate surface area is 133 Å². The van der Waals surface area contributed by atoms with E-state index in [4.69, 9.17) is 19.4 Å². The molecule has 0 bridgehead atoms. The van der Waals surface area contributed by atoms with Gasteiger partial charge in [0.05, 0.1) is 26.4 Å². The van der Waals surface area contributed by atoms with Crippen molar-refractivity contribution in [3.05, 3.63) is 25.3 Å². The van der Waals surface area contributed by atoms with Gasteiger partial charge in [-0.3, -0.25) is 0 Å². The number of carboxylic acid groups (broad SMARTS) is 1. The maximum Gasteiger partial charge on any atom is 0.401 e. The van der Waals surface area contributed by atoms with Gasteiger partial charge in [0.1, 0.15) is 13.2 Å². The fraction of sp³-hybridized carbons (Fsp3) is 0.462. The molecule has 0 aromatic heterocycles. The first-order chi connectivity index (χ1) is 10.4. The van der Waals surface area contributed by atoms with Gasteiger partial charge in [-0.1, -0.05) is 13.2 Å². The molecule has 0 saturated carbocycles. The Kier molecular flexibility index (Phi) is 17.5. The lowest BCUT2D eigenvalue weighted by molar-refractivity contribution is -0.141. The van der Waals surface area contributed by atoms with Gasteiger partial charge in [0.25, 0.3) is 0 Å². The molecule has 0 spiro atoms. The third-order valence-electron chi connectivity index (χ3n) is 1.65. The van der Waals surface area contributed by atoms with Crippen molar-refractivity contribution in [2.75, 3.05) is 39.6 Å². The van der Waals surface area contributed by atoms with Crippen molar-refractivity contribution in [3.8, 4) is 0 Å². The quantitative estimate of drug-likeness (QED) is 0.260. The van der Waals surface area contributed by atoms with E-state index in [1.165, 1.54) is 0 Å². The van der Waals surface area contributed by atoms with Crippen molar-refractivity contribution in [2.24, 2.45) is 0 Å². The molecule has 0 aliphatic carbocycles. The molecule has 0 amide bonds. The van der Waals surface area contributed by atoms with E-state index in [1.807, 2.05) is 0 Å². The standard InChI is InChI=1S/C12H18O6.CHClO2/c1-3-11(13)17-9-7-15-5-6-16-8-10-18-12(14)4-2;2-1(3)4/h3-4H,1-2,5-10H2;(H,3,4). The van der Waals surface area contributed by atoms with Crippen LogP contribution in [0.15, 0.2) is 25.3 Å². The molecule has 0 aliphatic rings. The molecule has 0 fully saturated rings. The minimum atomic E-state index is -1.36. The maximum absolute atomic E-state index is 10.6. The highest BCUT2D eigenvalue weighted by Crippen LogP contribution is 1.84. The lowest BCUT2D eigenvalue weighted by Crippen LogP contribution is -2.13. The van der Waals surface area contributed by atoms with Gasteiger partial charge in [-0.15, -0.1) is 0 Å². The molecule has 0 heterocycles. The third kappa shape index (κ3) is 23.2. The second-order valence-electron chi connectivity index (χ2n) is 3.22. The molecule has 0 aliphatic heterocycles. The topological polar surface area (TPSA) is 108 Å². The molecule has 126 valence electrons. The van der Waals surface area contributed by atoms with Gasteiger partial charge in [-0.05, 0) is 0 Å². The molecule has 0 aromatic carbocycles. The average Bonchev–Trinajstić information content (AvgIpc) is 2.47. The SMILES string of the molecule is C=CC(=O)OCCOCCOCCOC(=O)C=C.O=C(O)Cl. The third-order valence-corrected chi connectivity index (χ3v) is 1.65. The fourth-order valence-corrected chi connectivity index (χ4v) is 0.842. The van der Waals surface area contributed by atoms with Crippen molar-refractivity contribution in [1.82, 2.24) is 0 Å². The summed E-state index contributed by atoms with van der Waals surface area (Å²) in [6.45, 7) is 8.23. The van der Waals surface area contributed by atoms with Gasteiger partial charge in [-0.2, -0.15) is 0 Å². The summed E-state index contributed by atoms with van der Waals surface area (Å²) in [5, 5.41) is 7.18. The Morgan fingerprint density at radius 3 is 1.36 bits per heavy atom. The predicted molar refractivity (Wildman–Crippen MR) is 77.8 cm³/mol. The second kappa shape index (κ2) is 17.2. The van der Waals surface area contributed by atoms with Crippen molar-refractivity contribution < 1.29 is 38.4 Å². The molecule has 22 heavy (non-hydrogen) atoms. The summed E-state index contributed by atoms with van der Waals surface area (Å²) in [6, 6.07) is 0. The first-order valence-corrected chi connectivity index (χ1v) is 6.44. The van der Waals surface area contributed by atoms with Crippen LogP contribution in [-0.2, 0) is 28.5 Å². The van der Waals surface area contributed by atoms with Gasteiger partial charge in [0, 0.05) is 23.8 Å². The van der Waals surface area contributed by atoms with Crippen LogP contribution in [0.25, 0.3) is 0 Å². The molecular formula is C13H19ClO8. The van der Waals surface area contributed by atoms with E-state index < -0.39 is 17.4 Å². The van der Waals surface area contributed by atoms with Crippen molar-refractivity contribution in [2.45, 2.75) is 0 Å². The number of esters is 2. The van der Waals surface area contributed by atoms with Crippen LogP contribution in [0.5, 0.6) is 0 Å². The van der Waals surface area contributed by atoms with Crippen LogP contribution in [0.3, 0.4) is 0 Å². The van der Waals surface area contributed by atoms with Crippen molar-refractivity contribution in [1.29, 1.82) is 0 Å². The molecule has 0 rings (SSSR count). The average molecular weight is 339 g/mol. The Balaban J connectivity index is 0. The molecule has 0 aromatic rings. The predicted octanol–water partition coefficient (Wildman–Crippen LogP) is 1.38. The van der Waals surface area contributed by atoms with Crippen molar-refractivity contribution in [3.63, 3.8) is 0 Å². The minimum absolute atomic E-state index is 0.182. The summed E-state index contributed by atoms with van der Waals surface area (Å²) in [6.07, 6.45) is 2.18. The monoisotopic (exact) mass is 338 g/mol. The maximum atomic E-state index is 10.6. The molecule has 0 atom stereocenters. The molecule has 0 unspecified atom stereocenters. The normalized spacial score (nSPS) is 8.95. The van der Waals surface area contributed by atoms with E-state index in [0.29, 0.717) is 26.4 Å². The number of halogens is 1. The second-order valence-corrected chi connectivity index (χ2v) is 3.54. The van der Waals surface area contributed by atoms with Crippen LogP contribution < -0.4 is 0 Å². The summed E-state index contributed by atoms with van der Waals surface area (Å²) >= 11 is 4.19. The Morgan fingerprint density at radius 1 is 0.818 bits per heavy atom. The summed E-state index contributed by atoms with van der Waals surface area (Å²) < 4.78 is 19.6. The van der Waals surface area contributed by atoms with E-state index in [1.54, 1.807) is 0 Å². The number of hydrogen-bond donors (Lipinski definition) is 1. The molecule has 8 nitrogen and oxygen atoms in total. The van der Waals surface area contributed by atoms with E-state index >= 15 is 0 Å². The highest BCUT2D eigenvalue weighted by Gasteiger charge is 1.96. The Hall–Kier alpha value is -1.90. The van der Waals surface area contributed by atoms with Crippen molar-refractivity contribution >= 4 is 29.0 Å². The first kappa shape index (κ1) is 22.4. The number of carbonyl (C=O) groups is 3. The molecule has 0 saturated heterocycles. The van der Waals surface area contributed by atoms with E-state index in [-0.39, 0.29) is 13.2 Å². The summed E-state index contributed by atoms with van der Waals surface area (Å²) in [7, 11) is 0. The minimum Gasteiger partial charge on any atom is -0.469 e. The number of carbonyl (C=O) groups excluding carboxylic acids is 2. The zero-order valence-corrected chi connectivity index (χ0v) is 12.8. The van der Waals surface area contributed by atoms with Gasteiger partial charge < -0.3 is 24.1 Å². The zero-order valence-electron chi connectivity index (χ0n) is 12.0. The van der Waals surface area contributed by atoms with Crippen LogP contribution in [0.2, 0.25) is 0 Å². The van der Waals surface area contributed by atoms with E-state index in [2.05, 4.69) is 34.2 Å². The molecule has 1 N–H and O–H groups in total.